The van der Waals surface area contributed by atoms with Crippen LogP contribution in [0.4, 0.5) is 0 Å². The molecule has 0 fully saturated rings. The van der Waals surface area contributed by atoms with Crippen molar-refractivity contribution in [3.05, 3.63) is 61.1 Å². The molecular weight excluding hydrogens is 336 g/mol. The number of benzene rings is 1. The van der Waals surface area contributed by atoms with E-state index in [0.717, 1.165) is 12.8 Å². The minimum atomic E-state index is -0.680. The van der Waals surface area contributed by atoms with E-state index >= 15 is 0 Å². The number of ether oxygens (including phenoxy) is 4. The predicted molar refractivity (Wildman–Crippen MR) is 97.2 cm³/mol. The van der Waals surface area contributed by atoms with Crippen molar-refractivity contribution >= 4 is 11.9 Å². The lowest BCUT2D eigenvalue weighted by Gasteiger charge is -2.17. The molecule has 1 aromatic carbocycles. The van der Waals surface area contributed by atoms with E-state index in [1.54, 1.807) is 0 Å². The van der Waals surface area contributed by atoms with E-state index in [-0.39, 0.29) is 0 Å². The number of carbonyl (C=O) groups excluding carboxylic acids is 2. The van der Waals surface area contributed by atoms with Gasteiger partial charge in [-0.1, -0.05) is 27.0 Å². The first-order valence-electron chi connectivity index (χ1n) is 8.60. The molecular formula is C20H26O6. The van der Waals surface area contributed by atoms with Crippen molar-refractivity contribution in [2.75, 3.05) is 0 Å². The van der Waals surface area contributed by atoms with Gasteiger partial charge in [-0.05, 0) is 37.1 Å². The summed E-state index contributed by atoms with van der Waals surface area (Å²) in [7, 11) is 0. The van der Waals surface area contributed by atoms with Gasteiger partial charge < -0.3 is 18.9 Å². The van der Waals surface area contributed by atoms with Crippen molar-refractivity contribution in [2.45, 2.75) is 52.1 Å². The van der Waals surface area contributed by atoms with Gasteiger partial charge in [0.15, 0.2) is 0 Å². The largest absolute Gasteiger partial charge is 0.463 e. The van der Waals surface area contributed by atoms with Gasteiger partial charge in [0.25, 0.3) is 0 Å². The van der Waals surface area contributed by atoms with Crippen LogP contribution in [0.5, 0.6) is 0 Å². The molecule has 6 nitrogen and oxygen atoms in total. The fraction of sp³-hybridized carbons (Fsp3) is 0.400. The molecule has 0 radical (unpaired) electrons. The fourth-order valence-corrected chi connectivity index (χ4v) is 2.11. The summed E-state index contributed by atoms with van der Waals surface area (Å²) in [6, 6.07) is 6.00. The van der Waals surface area contributed by atoms with Crippen molar-refractivity contribution in [2.24, 2.45) is 0 Å². The minimum absolute atomic E-state index is 0.308. The molecule has 26 heavy (non-hydrogen) atoms. The molecule has 0 saturated carbocycles. The zero-order chi connectivity index (χ0) is 19.4. The van der Waals surface area contributed by atoms with Crippen molar-refractivity contribution < 1.29 is 28.5 Å². The Labute approximate surface area is 154 Å². The van der Waals surface area contributed by atoms with Crippen LogP contribution in [-0.2, 0) is 18.9 Å². The normalized spacial score (nSPS) is 12.4. The Morgan fingerprint density at radius 3 is 1.46 bits per heavy atom. The molecule has 1 rings (SSSR count). The Morgan fingerprint density at radius 2 is 1.19 bits per heavy atom. The number of carbonyl (C=O) groups is 2. The molecule has 0 aromatic heterocycles. The highest BCUT2D eigenvalue weighted by Crippen LogP contribution is 2.13. The lowest BCUT2D eigenvalue weighted by molar-refractivity contribution is -0.0770. The van der Waals surface area contributed by atoms with Gasteiger partial charge in [0.05, 0.1) is 23.7 Å². The Morgan fingerprint density at radius 1 is 0.846 bits per heavy atom. The third-order valence-electron chi connectivity index (χ3n) is 3.38. The second kappa shape index (κ2) is 11.7. The molecule has 0 aliphatic carbocycles. The Balaban J connectivity index is 2.71. The first-order valence-corrected chi connectivity index (χ1v) is 8.60. The Hall–Kier alpha value is -2.76. The fourth-order valence-electron chi connectivity index (χ4n) is 2.11. The molecule has 2 atom stereocenters. The van der Waals surface area contributed by atoms with Crippen LogP contribution in [0.15, 0.2) is 49.9 Å². The van der Waals surface area contributed by atoms with Crippen molar-refractivity contribution in [3.63, 3.8) is 0 Å². The second-order valence-corrected chi connectivity index (χ2v) is 5.43. The van der Waals surface area contributed by atoms with E-state index in [9.17, 15) is 9.59 Å². The van der Waals surface area contributed by atoms with E-state index in [0.29, 0.717) is 24.0 Å². The van der Waals surface area contributed by atoms with Crippen LogP contribution in [0.2, 0.25) is 0 Å². The maximum atomic E-state index is 12.2. The smallest absolute Gasteiger partial charge is 0.341 e. The third-order valence-corrected chi connectivity index (χ3v) is 3.38. The third kappa shape index (κ3) is 7.01. The first kappa shape index (κ1) is 21.3. The van der Waals surface area contributed by atoms with Gasteiger partial charge in [0, 0.05) is 12.8 Å². The van der Waals surface area contributed by atoms with Crippen LogP contribution < -0.4 is 0 Å². The van der Waals surface area contributed by atoms with Crippen LogP contribution in [0, 0.1) is 0 Å². The molecule has 0 heterocycles. The highest BCUT2D eigenvalue weighted by atomic mass is 16.7. The zero-order valence-electron chi connectivity index (χ0n) is 15.3. The van der Waals surface area contributed by atoms with Crippen molar-refractivity contribution in [1.29, 1.82) is 0 Å². The lowest BCUT2D eigenvalue weighted by atomic mass is 10.1. The SMILES string of the molecule is C=COC(CCC)OC(=O)c1ccc(C(=O)OC(CCC)OC=C)cc1. The topological polar surface area (TPSA) is 71.1 Å². The van der Waals surface area contributed by atoms with Gasteiger partial charge in [-0.2, -0.15) is 0 Å². The summed E-state index contributed by atoms with van der Waals surface area (Å²) in [5.74, 6) is -1.08. The molecule has 0 bridgehead atoms. The summed E-state index contributed by atoms with van der Waals surface area (Å²) in [4.78, 5) is 24.3. The molecule has 142 valence electrons. The molecule has 0 aliphatic rings. The molecule has 0 saturated heterocycles. The first-order chi connectivity index (χ1) is 12.5. The summed E-state index contributed by atoms with van der Waals surface area (Å²) in [6.45, 7) is 10.8. The molecule has 2 unspecified atom stereocenters. The number of esters is 2. The zero-order valence-corrected chi connectivity index (χ0v) is 15.3. The van der Waals surface area contributed by atoms with E-state index in [1.165, 1.54) is 36.8 Å². The minimum Gasteiger partial charge on any atom is -0.463 e. The molecule has 6 heteroatoms. The van der Waals surface area contributed by atoms with Gasteiger partial charge >= 0.3 is 11.9 Å². The monoisotopic (exact) mass is 362 g/mol. The quantitative estimate of drug-likeness (QED) is 0.308. The summed E-state index contributed by atoms with van der Waals surface area (Å²) >= 11 is 0. The molecule has 1 aromatic rings. The van der Waals surface area contributed by atoms with Gasteiger partial charge in [0.2, 0.25) is 12.6 Å². The van der Waals surface area contributed by atoms with Crippen LogP contribution in [0.25, 0.3) is 0 Å². The van der Waals surface area contributed by atoms with E-state index in [1.807, 2.05) is 13.8 Å². The standard InChI is InChI=1S/C20H26O6/c1-5-9-17(23-7-3)25-19(21)15-11-13-16(14-12-15)20(22)26-18(10-6-2)24-8-4/h7-8,11-14,17-18H,3-6,9-10H2,1-2H3. The maximum Gasteiger partial charge on any atom is 0.341 e. The summed E-state index contributed by atoms with van der Waals surface area (Å²) < 4.78 is 20.8. The molecule has 0 spiro atoms. The number of rotatable bonds is 12. The lowest BCUT2D eigenvalue weighted by Crippen LogP contribution is -2.20. The molecule has 0 aliphatic heterocycles. The van der Waals surface area contributed by atoms with Gasteiger partial charge in [-0.15, -0.1) is 0 Å². The highest BCUT2D eigenvalue weighted by Gasteiger charge is 2.18. The molecule has 0 amide bonds. The number of hydrogen-bond acceptors (Lipinski definition) is 6. The van der Waals surface area contributed by atoms with E-state index in [4.69, 9.17) is 18.9 Å². The maximum absolute atomic E-state index is 12.2. The Kier molecular flexibility index (Phi) is 9.61. The van der Waals surface area contributed by atoms with Gasteiger partial charge in [-0.25, -0.2) is 9.59 Å². The highest BCUT2D eigenvalue weighted by molar-refractivity contribution is 5.93. The molecule has 0 N–H and O–H groups in total. The number of hydrogen-bond donors (Lipinski definition) is 0. The average molecular weight is 362 g/mol. The summed E-state index contributed by atoms with van der Waals surface area (Å²) in [5, 5.41) is 0. The van der Waals surface area contributed by atoms with E-state index < -0.39 is 24.5 Å². The average Bonchev–Trinajstić information content (AvgIpc) is 2.62. The predicted octanol–water partition coefficient (Wildman–Crippen LogP) is 4.57. The van der Waals surface area contributed by atoms with Crippen LogP contribution in [0.3, 0.4) is 0 Å². The van der Waals surface area contributed by atoms with Gasteiger partial charge in [0.1, 0.15) is 0 Å². The summed E-state index contributed by atoms with van der Waals surface area (Å²) in [5.41, 5.74) is 0.616. The van der Waals surface area contributed by atoms with Gasteiger partial charge in [-0.3, -0.25) is 0 Å². The second-order valence-electron chi connectivity index (χ2n) is 5.43. The van der Waals surface area contributed by atoms with Crippen LogP contribution in [-0.4, -0.2) is 24.5 Å². The van der Waals surface area contributed by atoms with E-state index in [2.05, 4.69) is 13.2 Å². The summed E-state index contributed by atoms with van der Waals surface area (Å²) in [6.07, 6.45) is 3.83. The van der Waals surface area contributed by atoms with Crippen LogP contribution in [0.1, 0.15) is 60.2 Å². The van der Waals surface area contributed by atoms with Crippen molar-refractivity contribution in [1.82, 2.24) is 0 Å². The van der Waals surface area contributed by atoms with Crippen molar-refractivity contribution in [3.8, 4) is 0 Å². The Bertz CT molecular complexity index is 540. The van der Waals surface area contributed by atoms with Crippen LogP contribution >= 0.6 is 0 Å².